The maximum atomic E-state index is 11.7. The van der Waals surface area contributed by atoms with Gasteiger partial charge < -0.3 is 9.11 Å². The van der Waals surface area contributed by atoms with E-state index in [2.05, 4.69) is 25.0 Å². The Balaban J connectivity index is 0.00000228. The summed E-state index contributed by atoms with van der Waals surface area (Å²) < 4.78 is 77.0. The minimum absolute atomic E-state index is 0. The normalized spacial score (nSPS) is 41.1. The molecule has 0 aromatic heterocycles. The Kier molecular flexibility index (Phi) is 12.0. The molecule has 8 nitrogen and oxygen atoms in total. The third-order valence-corrected chi connectivity index (χ3v) is 11.5. The monoisotopic (exact) mass is 566 g/mol. The predicted molar refractivity (Wildman–Crippen MR) is 124 cm³/mol. The molecule has 4 fully saturated rings. The molecule has 198 valence electrons. The molecule has 4 rings (SSSR count). The van der Waals surface area contributed by atoms with Gasteiger partial charge in [0.05, 0.1) is 12.7 Å². The fourth-order valence-corrected chi connectivity index (χ4v) is 10.1. The van der Waals surface area contributed by atoms with Crippen molar-refractivity contribution in [1.82, 2.24) is 0 Å². The molecule has 36 heavy (non-hydrogen) atoms. The molecule has 0 radical (unpaired) electrons. The summed E-state index contributed by atoms with van der Waals surface area (Å²) in [6.07, 6.45) is 10.2. The number of hydrogen-bond donors (Lipinski definition) is 0. The average Bonchev–Trinajstić information content (AvgIpc) is 3.07. The van der Waals surface area contributed by atoms with Crippen LogP contribution in [-0.2, 0) is 29.2 Å². The van der Waals surface area contributed by atoms with E-state index in [0.717, 1.165) is 44.9 Å². The molecule has 0 aromatic carbocycles. The van der Waals surface area contributed by atoms with Gasteiger partial charge in [0.1, 0.15) is 0 Å². The topological polar surface area (TPSA) is 133 Å². The Labute approximate surface area is 262 Å². The molecule has 0 heterocycles. The molecule has 0 aliphatic heterocycles. The van der Waals surface area contributed by atoms with E-state index in [1.54, 1.807) is 0 Å². The standard InChI is InChI=1S/C24H42O8S2.2Na/c1-16(7-6-14-31-33(25,26)27)18-9-10-19-22-20(11-13-24(18,19)3)23(2)12-5-4-8-17(23)15-21(22)32-34(28,29)30;;/h16-22H,4-15H2,1-3H3,(H,25,26,27)(H,28,29,30);;/q;2*+1/p-2/t16-,17+,18-,19+,20+,21+,22+,23+,24-;;/m1../s1. The van der Waals surface area contributed by atoms with Crippen LogP contribution in [0.4, 0.5) is 0 Å². The summed E-state index contributed by atoms with van der Waals surface area (Å²) in [6, 6.07) is 0. The molecule has 0 spiro atoms. The van der Waals surface area contributed by atoms with Crippen molar-refractivity contribution >= 4 is 20.8 Å². The van der Waals surface area contributed by atoms with Crippen molar-refractivity contribution in [3.63, 3.8) is 0 Å². The second-order valence-corrected chi connectivity index (χ2v) is 14.2. The second kappa shape index (κ2) is 12.7. The summed E-state index contributed by atoms with van der Waals surface area (Å²) in [5.41, 5.74) is 0.208. The van der Waals surface area contributed by atoms with Gasteiger partial charge in [0.15, 0.2) is 0 Å². The van der Waals surface area contributed by atoms with Gasteiger partial charge in [-0.05, 0) is 104 Å². The summed E-state index contributed by atoms with van der Waals surface area (Å²) in [4.78, 5) is 0. The first-order valence-corrected chi connectivity index (χ1v) is 15.7. The largest absolute Gasteiger partial charge is 1.00 e. The predicted octanol–water partition coefficient (Wildman–Crippen LogP) is -1.61. The van der Waals surface area contributed by atoms with Crippen molar-refractivity contribution in [1.29, 1.82) is 0 Å². The third kappa shape index (κ3) is 7.14. The Morgan fingerprint density at radius 3 is 2.19 bits per heavy atom. The molecule has 4 aliphatic carbocycles. The van der Waals surface area contributed by atoms with E-state index in [4.69, 9.17) is 4.18 Å². The van der Waals surface area contributed by atoms with E-state index in [-0.39, 0.29) is 82.5 Å². The Morgan fingerprint density at radius 2 is 1.56 bits per heavy atom. The summed E-state index contributed by atoms with van der Waals surface area (Å²) >= 11 is 0. The number of rotatable bonds is 8. The molecule has 0 N–H and O–H groups in total. The van der Waals surface area contributed by atoms with Crippen LogP contribution >= 0.6 is 0 Å². The van der Waals surface area contributed by atoms with Crippen molar-refractivity contribution in [2.75, 3.05) is 6.61 Å². The molecule has 0 amide bonds. The molecule has 4 aliphatic rings. The van der Waals surface area contributed by atoms with Gasteiger partial charge in [-0.25, -0.2) is 16.8 Å². The van der Waals surface area contributed by atoms with Gasteiger partial charge in [-0.1, -0.05) is 33.6 Å². The molecule has 0 aromatic rings. The van der Waals surface area contributed by atoms with Crippen molar-refractivity contribution in [2.45, 2.75) is 97.5 Å². The zero-order chi connectivity index (χ0) is 24.9. The molecule has 0 bridgehead atoms. The number of fused-ring (bicyclic) bond motifs is 5. The first-order chi connectivity index (χ1) is 15.7. The quantitative estimate of drug-likeness (QED) is 0.148. The van der Waals surface area contributed by atoms with Crippen LogP contribution in [0.25, 0.3) is 0 Å². The molecule has 9 atom stereocenters. The van der Waals surface area contributed by atoms with Gasteiger partial charge in [0.25, 0.3) is 0 Å². The second-order valence-electron chi connectivity index (χ2n) is 12.1. The van der Waals surface area contributed by atoms with Crippen LogP contribution in [0.5, 0.6) is 0 Å². The Bertz CT molecular complexity index is 961. The van der Waals surface area contributed by atoms with Gasteiger partial charge in [-0.2, -0.15) is 0 Å². The molecule has 0 saturated heterocycles. The van der Waals surface area contributed by atoms with Gasteiger partial charge in [-0.15, -0.1) is 0 Å². The first kappa shape index (κ1) is 33.9. The molecule has 12 heteroatoms. The van der Waals surface area contributed by atoms with Crippen molar-refractivity contribution in [3.05, 3.63) is 0 Å². The molecule has 4 saturated carbocycles. The van der Waals surface area contributed by atoms with Crippen molar-refractivity contribution < 1.29 is 93.4 Å². The smallest absolute Gasteiger partial charge is 0.726 e. The minimum Gasteiger partial charge on any atom is -0.726 e. The summed E-state index contributed by atoms with van der Waals surface area (Å²) in [6.45, 7) is 6.83. The molecular weight excluding hydrogens is 526 g/mol. The van der Waals surface area contributed by atoms with Crippen LogP contribution in [-0.4, -0.2) is 38.7 Å². The fourth-order valence-electron chi connectivity index (χ4n) is 9.22. The van der Waals surface area contributed by atoms with Crippen LogP contribution in [0.1, 0.15) is 91.4 Å². The van der Waals surface area contributed by atoms with Crippen molar-refractivity contribution in [3.8, 4) is 0 Å². The summed E-state index contributed by atoms with van der Waals surface area (Å²) in [7, 11) is -9.44. The van der Waals surface area contributed by atoms with Gasteiger partial charge in [-0.3, -0.25) is 8.37 Å². The van der Waals surface area contributed by atoms with E-state index in [9.17, 15) is 25.9 Å². The molecular formula is C24H40Na2O8S2. The minimum atomic E-state index is -4.78. The van der Waals surface area contributed by atoms with Crippen LogP contribution in [0.15, 0.2) is 0 Å². The van der Waals surface area contributed by atoms with Crippen LogP contribution < -0.4 is 59.1 Å². The zero-order valence-electron chi connectivity index (χ0n) is 22.6. The van der Waals surface area contributed by atoms with Crippen LogP contribution in [0.3, 0.4) is 0 Å². The van der Waals surface area contributed by atoms with Crippen LogP contribution in [0, 0.1) is 46.3 Å². The SMILES string of the molecule is C[C@H](CCCOS(=O)(=O)[O-])[C@H]1CC[C@H]2[C@@H]3[C@@H](OS(=O)(=O)[O-])C[C@@H]4CCCC[C@]4(C)[C@H]3CC[C@]12C.[Na+].[Na+]. The average molecular weight is 567 g/mol. The van der Waals surface area contributed by atoms with Gasteiger partial charge >= 0.3 is 59.1 Å². The van der Waals surface area contributed by atoms with E-state index < -0.39 is 26.9 Å². The van der Waals surface area contributed by atoms with Crippen LogP contribution in [0.2, 0.25) is 0 Å². The number of hydrogen-bond acceptors (Lipinski definition) is 8. The Hall–Kier alpha value is 1.74. The third-order valence-electron chi connectivity index (χ3n) is 10.6. The maximum absolute atomic E-state index is 11.7. The van der Waals surface area contributed by atoms with E-state index in [1.165, 1.54) is 12.8 Å². The van der Waals surface area contributed by atoms with Crippen molar-refractivity contribution in [2.24, 2.45) is 46.3 Å². The van der Waals surface area contributed by atoms with E-state index in [1.807, 2.05) is 0 Å². The summed E-state index contributed by atoms with van der Waals surface area (Å²) in [5, 5.41) is 0. The Morgan fingerprint density at radius 1 is 0.889 bits per heavy atom. The first-order valence-electron chi connectivity index (χ1n) is 13.0. The zero-order valence-corrected chi connectivity index (χ0v) is 28.2. The van der Waals surface area contributed by atoms with Gasteiger partial charge in [0, 0.05) is 0 Å². The summed E-state index contributed by atoms with van der Waals surface area (Å²) in [5.74, 6) is 1.92. The molecule has 0 unspecified atom stereocenters. The fraction of sp³-hybridized carbons (Fsp3) is 1.00. The maximum Gasteiger partial charge on any atom is 1.00 e. The van der Waals surface area contributed by atoms with E-state index >= 15 is 0 Å². The van der Waals surface area contributed by atoms with E-state index in [0.29, 0.717) is 42.4 Å². The van der Waals surface area contributed by atoms with Gasteiger partial charge in [0.2, 0.25) is 20.8 Å².